The highest BCUT2D eigenvalue weighted by Gasteiger charge is 2.20. The number of carbonyl (C=O) groups is 1. The van der Waals surface area contributed by atoms with Crippen molar-refractivity contribution in [1.29, 1.82) is 0 Å². The predicted molar refractivity (Wildman–Crippen MR) is 127 cm³/mol. The van der Waals surface area contributed by atoms with Crippen LogP contribution in [0.4, 0.5) is 11.5 Å². The van der Waals surface area contributed by atoms with Crippen LogP contribution in [-0.4, -0.2) is 27.5 Å². The first-order chi connectivity index (χ1) is 15.9. The number of H-pyrrole nitrogens is 1. The number of anilines is 2. The van der Waals surface area contributed by atoms with Gasteiger partial charge in [0.2, 0.25) is 5.91 Å². The molecule has 8 nitrogen and oxygen atoms in total. The third kappa shape index (κ3) is 6.81. The van der Waals surface area contributed by atoms with Gasteiger partial charge in [0, 0.05) is 17.8 Å². The zero-order chi connectivity index (χ0) is 23.7. The molecule has 2 aromatic carbocycles. The molecule has 3 rings (SSSR count). The van der Waals surface area contributed by atoms with Gasteiger partial charge in [-0.25, -0.2) is 4.98 Å². The Balaban J connectivity index is 1.64. The minimum absolute atomic E-state index is 0.0751. The Labute approximate surface area is 193 Å². The Bertz CT molecular complexity index is 1210. The first-order valence-corrected chi connectivity index (χ1v) is 11.9. The molecular formula is C24H26N3O5S+. The molecule has 1 amide bonds. The van der Waals surface area contributed by atoms with Gasteiger partial charge in [-0.1, -0.05) is 12.1 Å². The quantitative estimate of drug-likeness (QED) is 0.441. The lowest BCUT2D eigenvalue weighted by Gasteiger charge is -2.11. The fourth-order valence-electron chi connectivity index (χ4n) is 2.91. The van der Waals surface area contributed by atoms with Gasteiger partial charge in [0.1, 0.15) is 4.90 Å². The molecule has 0 aliphatic heterocycles. The summed E-state index contributed by atoms with van der Waals surface area (Å²) in [6, 6.07) is 16.4. The fourth-order valence-corrected chi connectivity index (χ4v) is 3.93. The lowest BCUT2D eigenvalue weighted by molar-refractivity contribution is -0.360. The largest absolute Gasteiger partial charge is 0.490 e. The van der Waals surface area contributed by atoms with Gasteiger partial charge in [0.05, 0.1) is 19.4 Å². The summed E-state index contributed by atoms with van der Waals surface area (Å²) >= 11 is 0. The van der Waals surface area contributed by atoms with Crippen LogP contribution in [0.15, 0.2) is 77.8 Å². The fraction of sp³-hybridized carbons (Fsp3) is 0.167. The molecule has 9 heteroatoms. The van der Waals surface area contributed by atoms with Crippen molar-refractivity contribution in [2.24, 2.45) is 0 Å². The molecule has 0 atom stereocenters. The van der Waals surface area contributed by atoms with E-state index >= 15 is 0 Å². The monoisotopic (exact) mass is 468 g/mol. The van der Waals surface area contributed by atoms with Gasteiger partial charge in [0.15, 0.2) is 11.5 Å². The second kappa shape index (κ2) is 11.1. The van der Waals surface area contributed by atoms with Crippen molar-refractivity contribution in [2.45, 2.75) is 18.7 Å². The second-order valence-corrected chi connectivity index (χ2v) is 8.48. The third-order valence-electron chi connectivity index (χ3n) is 4.38. The number of sulfonamides is 1. The van der Waals surface area contributed by atoms with Crippen LogP contribution < -0.4 is 24.5 Å². The summed E-state index contributed by atoms with van der Waals surface area (Å²) in [5.74, 6) is 1.26. The zero-order valence-electron chi connectivity index (χ0n) is 18.4. The molecule has 33 heavy (non-hydrogen) atoms. The summed E-state index contributed by atoms with van der Waals surface area (Å²) in [5, 5.41) is 2.71. The average molecular weight is 469 g/mol. The highest BCUT2D eigenvalue weighted by atomic mass is 32.2. The van der Waals surface area contributed by atoms with E-state index in [0.717, 1.165) is 5.56 Å². The van der Waals surface area contributed by atoms with E-state index < -0.39 is 10.0 Å². The number of pyridine rings is 1. The number of ether oxygens (including phenoxy) is 2. The van der Waals surface area contributed by atoms with Crippen LogP contribution in [0.3, 0.4) is 0 Å². The Morgan fingerprint density at radius 3 is 2.36 bits per heavy atom. The number of carbonyl (C=O) groups excluding carboxylic acids is 1. The van der Waals surface area contributed by atoms with Gasteiger partial charge in [-0.15, -0.1) is 0 Å². The van der Waals surface area contributed by atoms with Crippen LogP contribution in [0.25, 0.3) is 6.08 Å². The van der Waals surface area contributed by atoms with Crippen molar-refractivity contribution in [1.82, 2.24) is 0 Å². The maximum absolute atomic E-state index is 12.5. The van der Waals surface area contributed by atoms with Crippen LogP contribution in [0.2, 0.25) is 0 Å². The van der Waals surface area contributed by atoms with E-state index in [4.69, 9.17) is 9.47 Å². The van der Waals surface area contributed by atoms with E-state index in [9.17, 15) is 13.2 Å². The van der Waals surface area contributed by atoms with Crippen LogP contribution >= 0.6 is 0 Å². The number of nitrogens with one attached hydrogen (secondary N) is 3. The van der Waals surface area contributed by atoms with E-state index in [1.165, 1.54) is 30.3 Å². The Hall–Kier alpha value is -3.85. The standard InChI is InChI=1S/C24H25N3O5S/c1-3-31-21-14-8-18(17-22(21)32-4-2)9-15-24(28)26-19-10-12-20(13-11-19)33(29,30)27-23-7-5-6-16-25-23/h5-17H,3-4H2,1-2H3,(H,25,27)(H,26,28)/p+1. The molecule has 0 radical (unpaired) electrons. The second-order valence-electron chi connectivity index (χ2n) is 6.80. The van der Waals surface area contributed by atoms with E-state index in [-0.39, 0.29) is 10.8 Å². The predicted octanol–water partition coefficient (Wildman–Crippen LogP) is 3.75. The molecule has 3 N–H and O–H groups in total. The van der Waals surface area contributed by atoms with Gasteiger partial charge in [-0.2, -0.15) is 13.1 Å². The van der Waals surface area contributed by atoms with Crippen molar-refractivity contribution < 1.29 is 27.7 Å². The number of hydrogen-bond acceptors (Lipinski definition) is 5. The number of aromatic nitrogens is 1. The van der Waals surface area contributed by atoms with Crippen molar-refractivity contribution >= 4 is 33.5 Å². The summed E-state index contributed by atoms with van der Waals surface area (Å²) in [4.78, 5) is 15.2. The summed E-state index contributed by atoms with van der Waals surface area (Å²) in [5.41, 5.74) is 1.25. The van der Waals surface area contributed by atoms with Crippen LogP contribution in [0, 0.1) is 0 Å². The Kier molecular flexibility index (Phi) is 8.04. The lowest BCUT2D eigenvalue weighted by atomic mass is 10.2. The molecule has 0 saturated carbocycles. The summed E-state index contributed by atoms with van der Waals surface area (Å²) in [7, 11) is -3.75. The molecule has 172 valence electrons. The van der Waals surface area contributed by atoms with Crippen molar-refractivity contribution in [3.8, 4) is 11.5 Å². The van der Waals surface area contributed by atoms with Gasteiger partial charge in [0.25, 0.3) is 5.82 Å². The maximum Gasteiger partial charge on any atom is 0.328 e. The summed E-state index contributed by atoms with van der Waals surface area (Å²) in [6.45, 7) is 4.81. The number of rotatable bonds is 10. The minimum Gasteiger partial charge on any atom is -0.490 e. The molecule has 0 bridgehead atoms. The zero-order valence-corrected chi connectivity index (χ0v) is 19.2. The van der Waals surface area contributed by atoms with Crippen LogP contribution in [0.1, 0.15) is 19.4 Å². The molecule has 0 aliphatic carbocycles. The van der Waals surface area contributed by atoms with E-state index in [1.807, 2.05) is 19.9 Å². The van der Waals surface area contributed by atoms with Gasteiger partial charge in [-0.05, 0) is 68.0 Å². The van der Waals surface area contributed by atoms with Gasteiger partial charge in [-0.3, -0.25) is 4.79 Å². The highest BCUT2D eigenvalue weighted by Crippen LogP contribution is 2.29. The van der Waals surface area contributed by atoms with Gasteiger partial charge >= 0.3 is 10.0 Å². The molecular weight excluding hydrogens is 442 g/mol. The molecule has 1 aromatic heterocycles. The molecule has 1 heterocycles. The number of benzene rings is 2. The summed E-state index contributed by atoms with van der Waals surface area (Å²) < 4.78 is 38.6. The average Bonchev–Trinajstić information content (AvgIpc) is 2.80. The first kappa shape index (κ1) is 23.8. The topological polar surface area (TPSA) is 108 Å². The smallest absolute Gasteiger partial charge is 0.328 e. The lowest BCUT2D eigenvalue weighted by Crippen LogP contribution is -2.19. The van der Waals surface area contributed by atoms with Crippen molar-refractivity contribution in [2.75, 3.05) is 23.3 Å². The third-order valence-corrected chi connectivity index (χ3v) is 5.76. The minimum atomic E-state index is -3.75. The Morgan fingerprint density at radius 2 is 1.70 bits per heavy atom. The van der Waals surface area contributed by atoms with E-state index in [2.05, 4.69) is 15.0 Å². The number of hydrogen-bond donors (Lipinski definition) is 2. The molecule has 0 aliphatic rings. The Morgan fingerprint density at radius 1 is 0.970 bits per heavy atom. The van der Waals surface area contributed by atoms with Crippen LogP contribution in [-0.2, 0) is 14.8 Å². The van der Waals surface area contributed by atoms with Crippen molar-refractivity contribution in [3.05, 3.63) is 78.5 Å². The van der Waals surface area contributed by atoms with Gasteiger partial charge < -0.3 is 14.8 Å². The number of amides is 1. The maximum atomic E-state index is 12.5. The SMILES string of the molecule is CCOc1ccc(C=CC(=O)Nc2ccc(S(=O)(=O)Nc3cccc[nH+]3)cc2)cc1OCC. The molecule has 0 saturated heterocycles. The van der Waals surface area contributed by atoms with Crippen LogP contribution in [0.5, 0.6) is 11.5 Å². The molecule has 0 unspecified atom stereocenters. The van der Waals surface area contributed by atoms with E-state index in [0.29, 0.717) is 36.2 Å². The molecule has 0 fully saturated rings. The first-order valence-electron chi connectivity index (χ1n) is 10.4. The van der Waals surface area contributed by atoms with E-state index in [1.54, 1.807) is 42.6 Å². The highest BCUT2D eigenvalue weighted by molar-refractivity contribution is 7.92. The molecule has 3 aromatic rings. The normalized spacial score (nSPS) is 11.2. The van der Waals surface area contributed by atoms with Crippen molar-refractivity contribution in [3.63, 3.8) is 0 Å². The number of aromatic amines is 1. The summed E-state index contributed by atoms with van der Waals surface area (Å²) in [6.07, 6.45) is 4.67. The molecule has 0 spiro atoms.